The molecule has 2 heterocycles. The first kappa shape index (κ1) is 13.1. The maximum Gasteiger partial charge on any atom is 0.178 e. The Kier molecular flexibility index (Phi) is 3.00. The SMILES string of the molecule is O=C(c1ccc(-c2ncc[nH]2)c(Cl)c1)[C@H]1C[C@@H]1c1nn[nH]n1. The molecule has 0 amide bonds. The van der Waals surface area contributed by atoms with Gasteiger partial charge in [0.25, 0.3) is 0 Å². The van der Waals surface area contributed by atoms with E-state index in [-0.39, 0.29) is 17.6 Å². The van der Waals surface area contributed by atoms with Gasteiger partial charge in [0.2, 0.25) is 0 Å². The molecule has 0 saturated heterocycles. The van der Waals surface area contributed by atoms with E-state index < -0.39 is 0 Å². The van der Waals surface area contributed by atoms with Crippen LogP contribution in [0.1, 0.15) is 28.5 Å². The molecule has 1 aliphatic carbocycles. The summed E-state index contributed by atoms with van der Waals surface area (Å²) >= 11 is 6.27. The van der Waals surface area contributed by atoms with Crippen LogP contribution in [0.2, 0.25) is 5.02 Å². The molecule has 4 rings (SSSR count). The molecule has 1 fully saturated rings. The number of halogens is 1. The number of ketones is 1. The minimum atomic E-state index is -0.0943. The van der Waals surface area contributed by atoms with Crippen LogP contribution < -0.4 is 0 Å². The van der Waals surface area contributed by atoms with Gasteiger partial charge in [-0.3, -0.25) is 4.79 Å². The lowest BCUT2D eigenvalue weighted by Gasteiger charge is -2.04. The number of Topliss-reactive ketones (excluding diaryl/α,β-unsaturated/α-hetero) is 1. The number of hydrogen-bond acceptors (Lipinski definition) is 5. The molecule has 22 heavy (non-hydrogen) atoms. The van der Waals surface area contributed by atoms with Crippen LogP contribution in [0.15, 0.2) is 30.6 Å². The number of rotatable bonds is 4. The minimum absolute atomic E-state index is 0.0507. The summed E-state index contributed by atoms with van der Waals surface area (Å²) in [7, 11) is 0. The quantitative estimate of drug-likeness (QED) is 0.719. The van der Waals surface area contributed by atoms with Gasteiger partial charge in [0.05, 0.1) is 5.02 Å². The van der Waals surface area contributed by atoms with Crippen LogP contribution in [0.25, 0.3) is 11.4 Å². The maximum atomic E-state index is 12.5. The number of carbonyl (C=O) groups excluding carboxylic acids is 1. The highest BCUT2D eigenvalue weighted by Gasteiger charge is 2.46. The lowest BCUT2D eigenvalue weighted by molar-refractivity contribution is 0.0965. The third kappa shape index (κ3) is 2.19. The van der Waals surface area contributed by atoms with Crippen molar-refractivity contribution in [1.29, 1.82) is 0 Å². The van der Waals surface area contributed by atoms with Gasteiger partial charge in [0.15, 0.2) is 11.6 Å². The topological polar surface area (TPSA) is 100 Å². The van der Waals surface area contributed by atoms with Crippen molar-refractivity contribution >= 4 is 17.4 Å². The van der Waals surface area contributed by atoms with Crippen molar-refractivity contribution in [3.63, 3.8) is 0 Å². The number of benzene rings is 1. The highest BCUT2D eigenvalue weighted by Crippen LogP contribution is 2.47. The molecule has 0 spiro atoms. The number of imidazole rings is 1. The summed E-state index contributed by atoms with van der Waals surface area (Å²) in [5.41, 5.74) is 1.37. The standard InChI is InChI=1S/C14H11ClN6O/c15-11-5-7(1-2-8(11)13-16-3-4-17-13)12(22)9-6-10(9)14-18-20-21-19-14/h1-5,9-10H,6H2,(H,16,17)(H,18,19,20,21)/t9-,10-/m0/s1. The number of nitrogens with zero attached hydrogens (tertiary/aromatic N) is 4. The van der Waals surface area contributed by atoms with E-state index in [0.717, 1.165) is 12.0 Å². The van der Waals surface area contributed by atoms with E-state index in [2.05, 4.69) is 30.6 Å². The van der Waals surface area contributed by atoms with Crippen molar-refractivity contribution in [3.8, 4) is 11.4 Å². The van der Waals surface area contributed by atoms with Crippen LogP contribution in [0.3, 0.4) is 0 Å². The van der Waals surface area contributed by atoms with Crippen LogP contribution >= 0.6 is 11.6 Å². The first-order valence-corrected chi connectivity index (χ1v) is 7.18. The predicted octanol–water partition coefficient (Wildman–Crippen LogP) is 2.23. The molecular weight excluding hydrogens is 304 g/mol. The van der Waals surface area contributed by atoms with E-state index in [1.54, 1.807) is 30.6 Å². The summed E-state index contributed by atoms with van der Waals surface area (Å²) in [4.78, 5) is 19.7. The third-order valence-electron chi connectivity index (χ3n) is 3.83. The van der Waals surface area contributed by atoms with E-state index in [1.807, 2.05) is 0 Å². The van der Waals surface area contributed by atoms with Crippen molar-refractivity contribution in [2.45, 2.75) is 12.3 Å². The van der Waals surface area contributed by atoms with Gasteiger partial charge in [-0.15, -0.1) is 10.2 Å². The fourth-order valence-electron chi connectivity index (χ4n) is 2.58. The Balaban J connectivity index is 1.56. The van der Waals surface area contributed by atoms with Crippen LogP contribution in [-0.2, 0) is 0 Å². The van der Waals surface area contributed by atoms with Gasteiger partial charge in [-0.1, -0.05) is 22.9 Å². The zero-order valence-electron chi connectivity index (χ0n) is 11.3. The molecule has 2 aromatic heterocycles. The van der Waals surface area contributed by atoms with E-state index in [1.165, 1.54) is 0 Å². The van der Waals surface area contributed by atoms with Crippen molar-refractivity contribution < 1.29 is 4.79 Å². The Bertz CT molecular complexity index is 814. The first-order valence-electron chi connectivity index (χ1n) is 6.81. The predicted molar refractivity (Wildman–Crippen MR) is 78.4 cm³/mol. The molecule has 110 valence electrons. The van der Waals surface area contributed by atoms with E-state index >= 15 is 0 Å². The second kappa shape index (κ2) is 5.03. The van der Waals surface area contributed by atoms with Crippen molar-refractivity contribution in [2.24, 2.45) is 5.92 Å². The molecule has 0 unspecified atom stereocenters. The lowest BCUT2D eigenvalue weighted by Crippen LogP contribution is -2.04. The van der Waals surface area contributed by atoms with Crippen LogP contribution in [0, 0.1) is 5.92 Å². The summed E-state index contributed by atoms with van der Waals surface area (Å²) in [6, 6.07) is 5.27. The fourth-order valence-corrected chi connectivity index (χ4v) is 2.85. The second-order valence-corrected chi connectivity index (χ2v) is 5.62. The van der Waals surface area contributed by atoms with Gasteiger partial charge in [-0.25, -0.2) is 4.98 Å². The van der Waals surface area contributed by atoms with Crippen LogP contribution in [0.4, 0.5) is 0 Å². The number of hydrogen-bond donors (Lipinski definition) is 2. The van der Waals surface area contributed by atoms with Gasteiger partial charge in [-0.2, -0.15) is 5.21 Å². The van der Waals surface area contributed by atoms with E-state index in [4.69, 9.17) is 11.6 Å². The summed E-state index contributed by atoms with van der Waals surface area (Å²) < 4.78 is 0. The molecule has 2 atom stereocenters. The van der Waals surface area contributed by atoms with Gasteiger partial charge in [0.1, 0.15) is 5.82 Å². The number of tetrazole rings is 1. The highest BCUT2D eigenvalue weighted by molar-refractivity contribution is 6.33. The van der Waals surface area contributed by atoms with Gasteiger partial charge >= 0.3 is 0 Å². The minimum Gasteiger partial charge on any atom is -0.345 e. The van der Waals surface area contributed by atoms with Crippen molar-refractivity contribution in [2.75, 3.05) is 0 Å². The highest BCUT2D eigenvalue weighted by atomic mass is 35.5. The molecule has 1 saturated carbocycles. The van der Waals surface area contributed by atoms with Crippen LogP contribution in [0.5, 0.6) is 0 Å². The number of nitrogens with one attached hydrogen (secondary N) is 2. The lowest BCUT2D eigenvalue weighted by atomic mass is 10.0. The Morgan fingerprint density at radius 1 is 1.36 bits per heavy atom. The third-order valence-corrected chi connectivity index (χ3v) is 4.14. The largest absolute Gasteiger partial charge is 0.345 e. The molecule has 2 N–H and O–H groups in total. The number of carbonyl (C=O) groups is 1. The van der Waals surface area contributed by atoms with E-state index in [9.17, 15) is 4.79 Å². The number of aromatic nitrogens is 6. The summed E-state index contributed by atoms with van der Waals surface area (Å²) in [6.45, 7) is 0. The molecule has 7 nitrogen and oxygen atoms in total. The van der Waals surface area contributed by atoms with Crippen LogP contribution in [-0.4, -0.2) is 36.4 Å². The van der Waals surface area contributed by atoms with E-state index in [0.29, 0.717) is 22.2 Å². The Morgan fingerprint density at radius 3 is 2.95 bits per heavy atom. The zero-order chi connectivity index (χ0) is 15.1. The molecule has 1 aliphatic rings. The smallest absolute Gasteiger partial charge is 0.178 e. The maximum absolute atomic E-state index is 12.5. The Morgan fingerprint density at radius 2 is 2.27 bits per heavy atom. The molecular formula is C14H11ClN6O. The van der Waals surface area contributed by atoms with Crippen molar-refractivity contribution in [3.05, 3.63) is 47.0 Å². The number of H-pyrrole nitrogens is 2. The summed E-state index contributed by atoms with van der Waals surface area (Å²) in [6.07, 6.45) is 4.13. The van der Waals surface area contributed by atoms with Gasteiger partial charge in [-0.05, 0) is 18.6 Å². The molecule has 1 aromatic carbocycles. The normalized spacial score (nSPS) is 20.0. The average molecular weight is 315 g/mol. The van der Waals surface area contributed by atoms with Gasteiger partial charge in [0, 0.05) is 35.4 Å². The molecule has 8 heteroatoms. The molecule has 3 aromatic rings. The van der Waals surface area contributed by atoms with Crippen molar-refractivity contribution in [1.82, 2.24) is 30.6 Å². The second-order valence-electron chi connectivity index (χ2n) is 5.22. The zero-order valence-corrected chi connectivity index (χ0v) is 12.1. The Labute approximate surface area is 130 Å². The van der Waals surface area contributed by atoms with Gasteiger partial charge < -0.3 is 4.98 Å². The molecule has 0 radical (unpaired) electrons. The fraction of sp³-hybridized carbons (Fsp3) is 0.214. The number of aromatic amines is 2. The first-order chi connectivity index (χ1) is 10.7. The summed E-state index contributed by atoms with van der Waals surface area (Å²) in [5.74, 6) is 1.29. The molecule has 0 aliphatic heterocycles. The summed E-state index contributed by atoms with van der Waals surface area (Å²) in [5, 5.41) is 14.3. The average Bonchev–Trinajstić information content (AvgIpc) is 2.97. The Hall–Kier alpha value is -2.54. The molecule has 0 bridgehead atoms. The monoisotopic (exact) mass is 314 g/mol.